The third-order valence-corrected chi connectivity index (χ3v) is 3.40. The van der Waals surface area contributed by atoms with Crippen molar-refractivity contribution in [1.29, 1.82) is 0 Å². The number of carbonyl (C=O) groups is 1. The van der Waals surface area contributed by atoms with Crippen molar-refractivity contribution in [3.05, 3.63) is 29.8 Å². The second-order valence-corrected chi connectivity index (χ2v) is 5.01. The molecule has 0 aliphatic carbocycles. The summed E-state index contributed by atoms with van der Waals surface area (Å²) in [7, 11) is 0. The molecule has 1 aromatic rings. The van der Waals surface area contributed by atoms with Gasteiger partial charge in [0.2, 0.25) is 0 Å². The molecule has 2 atom stereocenters. The minimum atomic E-state index is -0.742. The van der Waals surface area contributed by atoms with E-state index < -0.39 is 5.97 Å². The molecule has 1 aromatic carbocycles. The van der Waals surface area contributed by atoms with Gasteiger partial charge in [0.1, 0.15) is 0 Å². The number of nitrogens with zero attached hydrogens (tertiary/aromatic N) is 1. The lowest BCUT2D eigenvalue weighted by Crippen LogP contribution is -2.57. The first-order valence-electron chi connectivity index (χ1n) is 6.35. The van der Waals surface area contributed by atoms with Gasteiger partial charge < -0.3 is 15.3 Å². The van der Waals surface area contributed by atoms with Gasteiger partial charge in [0.05, 0.1) is 12.5 Å². The molecule has 1 aliphatic rings. The Balaban J connectivity index is 2.26. The van der Waals surface area contributed by atoms with E-state index in [2.05, 4.69) is 42.3 Å². The van der Waals surface area contributed by atoms with Crippen molar-refractivity contribution < 1.29 is 9.90 Å². The summed E-state index contributed by atoms with van der Waals surface area (Å²) in [5.41, 5.74) is 2.32. The van der Waals surface area contributed by atoms with E-state index in [0.29, 0.717) is 6.04 Å². The van der Waals surface area contributed by atoms with Gasteiger partial charge in [-0.2, -0.15) is 0 Å². The van der Waals surface area contributed by atoms with Crippen LogP contribution >= 0.6 is 0 Å². The molecule has 0 bridgehead atoms. The molecule has 1 heterocycles. The molecule has 0 spiro atoms. The third kappa shape index (κ3) is 2.82. The van der Waals surface area contributed by atoms with Gasteiger partial charge in [-0.3, -0.25) is 4.79 Å². The van der Waals surface area contributed by atoms with E-state index in [9.17, 15) is 4.79 Å². The monoisotopic (exact) mass is 248 g/mol. The van der Waals surface area contributed by atoms with Crippen LogP contribution in [-0.2, 0) is 4.79 Å². The summed E-state index contributed by atoms with van der Waals surface area (Å²) in [5.74, 6) is -0.742. The lowest BCUT2D eigenvalue weighted by atomic mass is 10.0. The van der Waals surface area contributed by atoms with Gasteiger partial charge in [-0.15, -0.1) is 0 Å². The predicted molar refractivity (Wildman–Crippen MR) is 72.0 cm³/mol. The number of hydrogen-bond acceptors (Lipinski definition) is 3. The largest absolute Gasteiger partial charge is 0.481 e. The number of piperazine rings is 1. The van der Waals surface area contributed by atoms with Crippen molar-refractivity contribution in [2.45, 2.75) is 32.4 Å². The van der Waals surface area contributed by atoms with E-state index in [4.69, 9.17) is 5.11 Å². The fourth-order valence-electron chi connectivity index (χ4n) is 2.64. The lowest BCUT2D eigenvalue weighted by Gasteiger charge is -2.42. The van der Waals surface area contributed by atoms with Gasteiger partial charge in [0.25, 0.3) is 0 Å². The first kappa shape index (κ1) is 12.9. The molecule has 2 rings (SSSR count). The molecule has 0 saturated carbocycles. The summed E-state index contributed by atoms with van der Waals surface area (Å²) in [6.45, 7) is 5.81. The van der Waals surface area contributed by atoms with E-state index in [1.54, 1.807) is 0 Å². The molecule has 4 nitrogen and oxygen atoms in total. The number of nitrogens with one attached hydrogen (secondary N) is 1. The summed E-state index contributed by atoms with van der Waals surface area (Å²) in [5, 5.41) is 12.3. The molecule has 1 aliphatic heterocycles. The standard InChI is InChI=1S/C14H20N2O2/c1-10-4-3-5-12(6-10)16-11(2)8-15-9-13(16)7-14(17)18/h3-6,11,13,15H,7-9H2,1-2H3,(H,17,18). The number of rotatable bonds is 3. The van der Waals surface area contributed by atoms with Gasteiger partial charge in [0, 0.05) is 24.8 Å². The zero-order chi connectivity index (χ0) is 13.1. The second-order valence-electron chi connectivity index (χ2n) is 5.01. The maximum Gasteiger partial charge on any atom is 0.305 e. The van der Waals surface area contributed by atoms with Crippen molar-refractivity contribution in [2.24, 2.45) is 0 Å². The molecule has 1 fully saturated rings. The molecule has 0 amide bonds. The number of benzene rings is 1. The van der Waals surface area contributed by atoms with Crippen LogP contribution in [-0.4, -0.2) is 36.2 Å². The summed E-state index contributed by atoms with van der Waals surface area (Å²) in [6, 6.07) is 8.60. The minimum absolute atomic E-state index is 0.0213. The molecule has 0 radical (unpaired) electrons. The van der Waals surface area contributed by atoms with Crippen LogP contribution in [0.1, 0.15) is 18.9 Å². The average molecular weight is 248 g/mol. The Hall–Kier alpha value is -1.55. The third-order valence-electron chi connectivity index (χ3n) is 3.40. The van der Waals surface area contributed by atoms with Gasteiger partial charge in [-0.1, -0.05) is 12.1 Å². The Morgan fingerprint density at radius 3 is 2.94 bits per heavy atom. The van der Waals surface area contributed by atoms with E-state index in [1.165, 1.54) is 5.56 Å². The van der Waals surface area contributed by atoms with Gasteiger partial charge in [0.15, 0.2) is 0 Å². The van der Waals surface area contributed by atoms with Gasteiger partial charge in [-0.05, 0) is 31.5 Å². The Labute approximate surface area is 108 Å². The molecule has 2 N–H and O–H groups in total. The Morgan fingerprint density at radius 2 is 2.28 bits per heavy atom. The van der Waals surface area contributed by atoms with Crippen LogP contribution in [0, 0.1) is 6.92 Å². The number of aryl methyl sites for hydroxylation is 1. The highest BCUT2D eigenvalue weighted by Gasteiger charge is 2.29. The van der Waals surface area contributed by atoms with E-state index in [1.807, 2.05) is 6.07 Å². The van der Waals surface area contributed by atoms with Crippen LogP contribution in [0.4, 0.5) is 5.69 Å². The Kier molecular flexibility index (Phi) is 3.87. The first-order chi connectivity index (χ1) is 8.58. The molecule has 1 saturated heterocycles. The van der Waals surface area contributed by atoms with Crippen LogP contribution in [0.3, 0.4) is 0 Å². The number of carboxylic acids is 1. The van der Waals surface area contributed by atoms with Crippen molar-refractivity contribution in [3.63, 3.8) is 0 Å². The minimum Gasteiger partial charge on any atom is -0.481 e. The smallest absolute Gasteiger partial charge is 0.305 e. The van der Waals surface area contributed by atoms with Crippen LogP contribution in [0.25, 0.3) is 0 Å². The van der Waals surface area contributed by atoms with Crippen LogP contribution < -0.4 is 10.2 Å². The van der Waals surface area contributed by atoms with Crippen LogP contribution in [0.15, 0.2) is 24.3 Å². The molecule has 98 valence electrons. The van der Waals surface area contributed by atoms with Crippen molar-refractivity contribution in [2.75, 3.05) is 18.0 Å². The topological polar surface area (TPSA) is 52.6 Å². The Bertz CT molecular complexity index is 434. The molecule has 4 heteroatoms. The molecule has 0 aromatic heterocycles. The summed E-state index contributed by atoms with van der Waals surface area (Å²) in [6.07, 6.45) is 0.172. The second kappa shape index (κ2) is 5.40. The maximum absolute atomic E-state index is 11.0. The average Bonchev–Trinajstić information content (AvgIpc) is 2.28. The summed E-state index contributed by atoms with van der Waals surface area (Å²) >= 11 is 0. The predicted octanol–water partition coefficient (Wildman–Crippen LogP) is 1.64. The number of anilines is 1. The zero-order valence-corrected chi connectivity index (χ0v) is 10.9. The Morgan fingerprint density at radius 1 is 1.50 bits per heavy atom. The van der Waals surface area contributed by atoms with Crippen molar-refractivity contribution in [1.82, 2.24) is 5.32 Å². The van der Waals surface area contributed by atoms with Crippen molar-refractivity contribution in [3.8, 4) is 0 Å². The van der Waals surface area contributed by atoms with Gasteiger partial charge >= 0.3 is 5.97 Å². The number of aliphatic carboxylic acids is 1. The molecule has 2 unspecified atom stereocenters. The van der Waals surface area contributed by atoms with Gasteiger partial charge in [-0.25, -0.2) is 0 Å². The fourth-order valence-corrected chi connectivity index (χ4v) is 2.64. The molecule has 18 heavy (non-hydrogen) atoms. The molecular formula is C14H20N2O2. The highest BCUT2D eigenvalue weighted by Crippen LogP contribution is 2.24. The maximum atomic E-state index is 11.0. The van der Waals surface area contributed by atoms with E-state index in [0.717, 1.165) is 18.8 Å². The highest BCUT2D eigenvalue weighted by molar-refractivity contribution is 5.69. The van der Waals surface area contributed by atoms with Crippen molar-refractivity contribution >= 4 is 11.7 Å². The van der Waals surface area contributed by atoms with Crippen LogP contribution in [0.2, 0.25) is 0 Å². The SMILES string of the molecule is Cc1cccc(N2C(C)CNCC2CC(=O)O)c1. The number of carboxylic acid groups (broad SMARTS) is 1. The molecular weight excluding hydrogens is 228 g/mol. The van der Waals surface area contributed by atoms with E-state index in [-0.39, 0.29) is 12.5 Å². The number of hydrogen-bond donors (Lipinski definition) is 2. The summed E-state index contributed by atoms with van der Waals surface area (Å²) < 4.78 is 0. The zero-order valence-electron chi connectivity index (χ0n) is 10.9. The van der Waals surface area contributed by atoms with E-state index >= 15 is 0 Å². The highest BCUT2D eigenvalue weighted by atomic mass is 16.4. The quantitative estimate of drug-likeness (QED) is 0.854. The normalized spacial score (nSPS) is 24.0. The first-order valence-corrected chi connectivity index (χ1v) is 6.35. The summed E-state index contributed by atoms with van der Waals surface area (Å²) in [4.78, 5) is 13.2. The fraction of sp³-hybridized carbons (Fsp3) is 0.500. The lowest BCUT2D eigenvalue weighted by molar-refractivity contribution is -0.137. The van der Waals surface area contributed by atoms with Crippen LogP contribution in [0.5, 0.6) is 0 Å².